The van der Waals surface area contributed by atoms with E-state index < -0.39 is 17.8 Å². The van der Waals surface area contributed by atoms with Gasteiger partial charge in [0.25, 0.3) is 11.8 Å². The van der Waals surface area contributed by atoms with Crippen molar-refractivity contribution in [1.82, 2.24) is 10.5 Å². The molecular formula is C17H14ClN5O5. The Balaban J connectivity index is 1.55. The smallest absolute Gasteiger partial charge is 0.319 e. The van der Waals surface area contributed by atoms with Gasteiger partial charge in [-0.25, -0.2) is 4.79 Å². The van der Waals surface area contributed by atoms with Crippen molar-refractivity contribution in [3.63, 3.8) is 0 Å². The van der Waals surface area contributed by atoms with Crippen LogP contribution in [-0.4, -0.2) is 23.0 Å². The van der Waals surface area contributed by atoms with Crippen LogP contribution in [0.2, 0.25) is 5.02 Å². The number of amides is 4. The van der Waals surface area contributed by atoms with E-state index in [-0.39, 0.29) is 28.8 Å². The number of aromatic nitrogens is 1. The summed E-state index contributed by atoms with van der Waals surface area (Å²) < 4.78 is 9.87. The number of halogens is 1. The number of anilines is 2. The molecule has 3 rings (SSSR count). The third kappa shape index (κ3) is 4.68. The van der Waals surface area contributed by atoms with Crippen molar-refractivity contribution in [2.75, 3.05) is 10.6 Å². The zero-order chi connectivity index (χ0) is 20.1. The lowest BCUT2D eigenvalue weighted by molar-refractivity contribution is 0.0986. The van der Waals surface area contributed by atoms with E-state index >= 15 is 0 Å². The monoisotopic (exact) mass is 403 g/mol. The summed E-state index contributed by atoms with van der Waals surface area (Å²) in [6.45, 7) is -0.00284. The van der Waals surface area contributed by atoms with Gasteiger partial charge in [-0.2, -0.15) is 0 Å². The maximum absolute atomic E-state index is 12.0. The number of urea groups is 1. The van der Waals surface area contributed by atoms with E-state index in [0.29, 0.717) is 11.4 Å². The van der Waals surface area contributed by atoms with Crippen LogP contribution in [0.3, 0.4) is 0 Å². The van der Waals surface area contributed by atoms with Gasteiger partial charge in [-0.05, 0) is 30.3 Å². The van der Waals surface area contributed by atoms with Crippen molar-refractivity contribution < 1.29 is 23.3 Å². The molecule has 0 bridgehead atoms. The Kier molecular flexibility index (Phi) is 5.61. The van der Waals surface area contributed by atoms with Crippen LogP contribution < -0.4 is 21.7 Å². The van der Waals surface area contributed by atoms with Gasteiger partial charge in [0.1, 0.15) is 0 Å². The number of hydrogen-bond donors (Lipinski definition) is 4. The zero-order valence-electron chi connectivity index (χ0n) is 14.2. The molecule has 0 atom stereocenters. The molecule has 2 aromatic heterocycles. The Morgan fingerprint density at radius 2 is 1.96 bits per heavy atom. The molecule has 0 spiro atoms. The SMILES string of the molecule is NC(=O)c1cc(CNC(=O)Nc2ccc(NC(=O)c3ccco3)c(Cl)c2)on1. The van der Waals surface area contributed by atoms with Crippen LogP contribution in [0.5, 0.6) is 0 Å². The summed E-state index contributed by atoms with van der Waals surface area (Å²) in [5, 5.41) is 11.4. The molecule has 11 heteroatoms. The van der Waals surface area contributed by atoms with Crippen LogP contribution in [0.4, 0.5) is 16.2 Å². The third-order valence-electron chi connectivity index (χ3n) is 3.45. The first kappa shape index (κ1) is 19.0. The molecule has 28 heavy (non-hydrogen) atoms. The number of carbonyl (C=O) groups excluding carboxylic acids is 3. The van der Waals surface area contributed by atoms with Gasteiger partial charge < -0.3 is 30.6 Å². The van der Waals surface area contributed by atoms with E-state index in [9.17, 15) is 14.4 Å². The van der Waals surface area contributed by atoms with Crippen LogP contribution in [0, 0.1) is 0 Å². The molecule has 3 aromatic rings. The van der Waals surface area contributed by atoms with Crippen molar-refractivity contribution >= 4 is 40.8 Å². The first-order valence-corrected chi connectivity index (χ1v) is 8.25. The first-order valence-electron chi connectivity index (χ1n) is 7.87. The molecule has 0 unspecified atom stereocenters. The normalized spacial score (nSPS) is 10.3. The van der Waals surface area contributed by atoms with Crippen LogP contribution in [0.25, 0.3) is 0 Å². The minimum absolute atomic E-state index is 0.00284. The molecule has 0 saturated heterocycles. The first-order chi connectivity index (χ1) is 13.4. The standard InChI is InChI=1S/C17H14ClN5O5/c18-11-6-9(3-4-12(11)22-16(25)14-2-1-5-27-14)21-17(26)20-8-10-7-13(15(19)24)23-28-10/h1-7H,8H2,(H2,19,24)(H,22,25)(H2,20,21,26). The average Bonchev–Trinajstić information content (AvgIpc) is 3.34. The second kappa shape index (κ2) is 8.27. The van der Waals surface area contributed by atoms with E-state index in [2.05, 4.69) is 21.1 Å². The predicted octanol–water partition coefficient (Wildman–Crippen LogP) is 2.59. The van der Waals surface area contributed by atoms with Gasteiger partial charge in [0.15, 0.2) is 17.2 Å². The molecule has 2 heterocycles. The summed E-state index contributed by atoms with van der Waals surface area (Å²) in [6, 6.07) is 8.46. The molecule has 0 aliphatic rings. The van der Waals surface area contributed by atoms with E-state index in [0.717, 1.165) is 0 Å². The largest absolute Gasteiger partial charge is 0.459 e. The fraction of sp³-hybridized carbons (Fsp3) is 0.0588. The number of nitrogens with zero attached hydrogens (tertiary/aromatic N) is 1. The van der Waals surface area contributed by atoms with Gasteiger partial charge in [-0.1, -0.05) is 16.8 Å². The van der Waals surface area contributed by atoms with Crippen LogP contribution in [0.1, 0.15) is 26.8 Å². The van der Waals surface area contributed by atoms with Crippen LogP contribution in [-0.2, 0) is 6.54 Å². The van der Waals surface area contributed by atoms with Gasteiger partial charge in [0.05, 0.1) is 23.5 Å². The lowest BCUT2D eigenvalue weighted by atomic mass is 10.2. The molecule has 0 aliphatic carbocycles. The van der Waals surface area contributed by atoms with Gasteiger partial charge in [-0.3, -0.25) is 9.59 Å². The summed E-state index contributed by atoms with van der Waals surface area (Å²) in [7, 11) is 0. The molecule has 4 amide bonds. The highest BCUT2D eigenvalue weighted by molar-refractivity contribution is 6.34. The number of hydrogen-bond acceptors (Lipinski definition) is 6. The van der Waals surface area contributed by atoms with Crippen LogP contribution in [0.15, 0.2) is 51.6 Å². The molecular weight excluding hydrogens is 390 g/mol. The van der Waals surface area contributed by atoms with Crippen LogP contribution >= 0.6 is 11.6 Å². The summed E-state index contributed by atoms with van der Waals surface area (Å²) in [5.41, 5.74) is 5.79. The summed E-state index contributed by atoms with van der Waals surface area (Å²) in [6.07, 6.45) is 1.38. The van der Waals surface area contributed by atoms with E-state index in [1.807, 2.05) is 0 Å². The topological polar surface area (TPSA) is 152 Å². The Hall–Kier alpha value is -3.79. The fourth-order valence-electron chi connectivity index (χ4n) is 2.14. The summed E-state index contributed by atoms with van der Waals surface area (Å²) >= 11 is 6.14. The minimum atomic E-state index is -0.728. The number of benzene rings is 1. The molecule has 10 nitrogen and oxygen atoms in total. The van der Waals surface area contributed by atoms with Crippen molar-refractivity contribution in [2.24, 2.45) is 5.73 Å². The Morgan fingerprint density at radius 1 is 1.14 bits per heavy atom. The molecule has 1 aromatic carbocycles. The lowest BCUT2D eigenvalue weighted by Gasteiger charge is -2.10. The van der Waals surface area contributed by atoms with Gasteiger partial charge in [-0.15, -0.1) is 0 Å². The number of nitrogens with two attached hydrogens (primary N) is 1. The number of rotatable bonds is 6. The van der Waals surface area contributed by atoms with Crippen molar-refractivity contribution in [3.8, 4) is 0 Å². The maximum Gasteiger partial charge on any atom is 0.319 e. The number of primary amides is 1. The Morgan fingerprint density at radius 3 is 2.61 bits per heavy atom. The summed E-state index contributed by atoms with van der Waals surface area (Å²) in [5.74, 6) is -0.774. The van der Waals surface area contributed by atoms with Crippen molar-refractivity contribution in [3.05, 3.63) is 64.9 Å². The quantitative estimate of drug-likeness (QED) is 0.496. The molecule has 0 saturated carbocycles. The van der Waals surface area contributed by atoms with Gasteiger partial charge in [0, 0.05) is 11.8 Å². The highest BCUT2D eigenvalue weighted by Gasteiger charge is 2.13. The van der Waals surface area contributed by atoms with E-state index in [4.69, 9.17) is 26.3 Å². The molecule has 0 radical (unpaired) electrons. The predicted molar refractivity (Wildman–Crippen MR) is 99.0 cm³/mol. The van der Waals surface area contributed by atoms with E-state index in [1.165, 1.54) is 30.5 Å². The van der Waals surface area contributed by atoms with E-state index in [1.54, 1.807) is 12.1 Å². The number of carbonyl (C=O) groups is 3. The fourth-order valence-corrected chi connectivity index (χ4v) is 2.37. The molecule has 5 N–H and O–H groups in total. The lowest BCUT2D eigenvalue weighted by Crippen LogP contribution is -2.28. The second-order valence-corrected chi connectivity index (χ2v) is 5.88. The summed E-state index contributed by atoms with van der Waals surface area (Å²) in [4.78, 5) is 34.9. The molecule has 0 fully saturated rings. The minimum Gasteiger partial charge on any atom is -0.459 e. The molecule has 0 aliphatic heterocycles. The van der Waals surface area contributed by atoms with Gasteiger partial charge in [0.2, 0.25) is 0 Å². The number of nitrogens with one attached hydrogen (secondary N) is 3. The zero-order valence-corrected chi connectivity index (χ0v) is 14.9. The van der Waals surface area contributed by atoms with Gasteiger partial charge >= 0.3 is 6.03 Å². The average molecular weight is 404 g/mol. The Labute approximate surface area is 163 Å². The highest BCUT2D eigenvalue weighted by atomic mass is 35.5. The molecule has 144 valence electrons. The highest BCUT2D eigenvalue weighted by Crippen LogP contribution is 2.26. The third-order valence-corrected chi connectivity index (χ3v) is 3.77. The van der Waals surface area contributed by atoms with Crippen molar-refractivity contribution in [1.29, 1.82) is 0 Å². The Bertz CT molecular complexity index is 1010. The number of furan rings is 1. The van der Waals surface area contributed by atoms with Crippen molar-refractivity contribution in [2.45, 2.75) is 6.54 Å². The second-order valence-electron chi connectivity index (χ2n) is 5.48. The maximum atomic E-state index is 12.0.